The van der Waals surface area contributed by atoms with Gasteiger partial charge in [-0.3, -0.25) is 14.2 Å². The van der Waals surface area contributed by atoms with Gasteiger partial charge in [0.1, 0.15) is 4.70 Å². The first kappa shape index (κ1) is 19.7. The van der Waals surface area contributed by atoms with Gasteiger partial charge in [-0.15, -0.1) is 11.3 Å². The molecule has 0 aliphatic carbocycles. The Bertz CT molecular complexity index is 1230. The number of carbonyl (C=O) groups is 1. The summed E-state index contributed by atoms with van der Waals surface area (Å²) < 4.78 is 20.3. The van der Waals surface area contributed by atoms with Gasteiger partial charge in [-0.25, -0.2) is 9.18 Å². The lowest BCUT2D eigenvalue weighted by Crippen LogP contribution is -2.38. The summed E-state index contributed by atoms with van der Waals surface area (Å²) in [5.74, 6) is -0.752. The van der Waals surface area contributed by atoms with E-state index >= 15 is 0 Å². The third-order valence-electron chi connectivity index (χ3n) is 4.93. The van der Waals surface area contributed by atoms with Crippen molar-refractivity contribution in [2.24, 2.45) is 0 Å². The summed E-state index contributed by atoms with van der Waals surface area (Å²) in [6.07, 6.45) is 1.31. The van der Waals surface area contributed by atoms with E-state index in [1.165, 1.54) is 13.2 Å². The SMILES string of the molecule is COc1cc(-c2cc3[nH]c(=O)n([C@H]4CCCNC(=O)C4)c(=O)c3s2)c(Cl)cc1F. The quantitative estimate of drug-likeness (QED) is 0.658. The van der Waals surface area contributed by atoms with Crippen LogP contribution in [0.3, 0.4) is 0 Å². The second-order valence-corrected chi connectivity index (χ2v) is 8.23. The van der Waals surface area contributed by atoms with Gasteiger partial charge < -0.3 is 15.0 Å². The Morgan fingerprint density at radius 1 is 1.28 bits per heavy atom. The third kappa shape index (κ3) is 3.56. The van der Waals surface area contributed by atoms with Crippen LogP contribution in [0, 0.1) is 5.82 Å². The van der Waals surface area contributed by atoms with Crippen molar-refractivity contribution in [3.8, 4) is 16.2 Å². The number of H-pyrrole nitrogens is 1. The Kier molecular flexibility index (Phi) is 5.18. The average Bonchev–Trinajstić information content (AvgIpc) is 2.97. The highest BCUT2D eigenvalue weighted by Crippen LogP contribution is 2.38. The van der Waals surface area contributed by atoms with E-state index in [-0.39, 0.29) is 23.1 Å². The van der Waals surface area contributed by atoms with Crippen molar-refractivity contribution in [2.75, 3.05) is 13.7 Å². The number of aromatic nitrogens is 2. The lowest BCUT2D eigenvalue weighted by molar-refractivity contribution is -0.121. The summed E-state index contributed by atoms with van der Waals surface area (Å²) in [6, 6.07) is 3.73. The monoisotopic (exact) mass is 437 g/mol. The van der Waals surface area contributed by atoms with E-state index in [0.29, 0.717) is 40.0 Å². The summed E-state index contributed by atoms with van der Waals surface area (Å²) in [5.41, 5.74) is -0.153. The Labute approximate surface area is 173 Å². The van der Waals surface area contributed by atoms with Crippen molar-refractivity contribution in [3.05, 3.63) is 49.9 Å². The zero-order valence-electron chi connectivity index (χ0n) is 15.4. The van der Waals surface area contributed by atoms with Crippen LogP contribution < -0.4 is 21.3 Å². The van der Waals surface area contributed by atoms with Crippen molar-refractivity contribution in [3.63, 3.8) is 0 Å². The van der Waals surface area contributed by atoms with Crippen LogP contribution in [0.25, 0.3) is 20.7 Å². The topological polar surface area (TPSA) is 93.2 Å². The number of fused-ring (bicyclic) bond motifs is 1. The lowest BCUT2D eigenvalue weighted by atomic mass is 10.1. The highest BCUT2D eigenvalue weighted by molar-refractivity contribution is 7.22. The van der Waals surface area contributed by atoms with Crippen LogP contribution >= 0.6 is 22.9 Å². The number of halogens is 2. The van der Waals surface area contributed by atoms with Gasteiger partial charge in [0, 0.05) is 23.4 Å². The third-order valence-corrected chi connectivity index (χ3v) is 6.40. The minimum absolute atomic E-state index is 0.0252. The molecule has 1 aromatic carbocycles. The molecule has 1 aliphatic heterocycles. The Balaban J connectivity index is 1.86. The normalized spacial score (nSPS) is 17.2. The predicted molar refractivity (Wildman–Crippen MR) is 110 cm³/mol. The number of carbonyl (C=O) groups excluding carboxylic acids is 1. The number of nitrogens with one attached hydrogen (secondary N) is 2. The lowest BCUT2D eigenvalue weighted by Gasteiger charge is -2.14. The molecule has 0 spiro atoms. The van der Waals surface area contributed by atoms with Crippen LogP contribution in [0.15, 0.2) is 27.8 Å². The van der Waals surface area contributed by atoms with Gasteiger partial charge >= 0.3 is 5.69 Å². The molecule has 0 unspecified atom stereocenters. The molecular formula is C19H17ClFN3O4S. The summed E-state index contributed by atoms with van der Waals surface area (Å²) in [4.78, 5) is 40.9. The molecular weight excluding hydrogens is 421 g/mol. The minimum atomic E-state index is -0.593. The maximum Gasteiger partial charge on any atom is 0.329 e. The fraction of sp³-hybridized carbons (Fsp3) is 0.316. The molecule has 2 N–H and O–H groups in total. The number of rotatable bonds is 3. The Hall–Kier alpha value is -2.65. The molecule has 152 valence electrons. The minimum Gasteiger partial charge on any atom is -0.494 e. The molecule has 3 aromatic rings. The maximum atomic E-state index is 13.9. The highest BCUT2D eigenvalue weighted by atomic mass is 35.5. The second kappa shape index (κ2) is 7.64. The zero-order chi connectivity index (χ0) is 20.7. The van der Waals surface area contributed by atoms with Gasteiger partial charge in [-0.05, 0) is 31.0 Å². The number of aromatic amines is 1. The molecule has 2 aromatic heterocycles. The molecule has 1 fully saturated rings. The molecule has 4 rings (SSSR count). The van der Waals surface area contributed by atoms with Crippen LogP contribution in [-0.2, 0) is 4.79 Å². The first-order chi connectivity index (χ1) is 13.9. The number of hydrogen-bond acceptors (Lipinski definition) is 5. The van der Waals surface area contributed by atoms with Crippen molar-refractivity contribution >= 4 is 39.1 Å². The number of methoxy groups -OCH3 is 1. The molecule has 1 saturated heterocycles. The molecule has 0 bridgehead atoms. The number of nitrogens with zero attached hydrogens (tertiary/aromatic N) is 1. The van der Waals surface area contributed by atoms with E-state index in [1.54, 1.807) is 6.07 Å². The van der Waals surface area contributed by atoms with E-state index in [9.17, 15) is 18.8 Å². The number of benzene rings is 1. The number of thiophene rings is 1. The molecule has 1 atom stereocenters. The van der Waals surface area contributed by atoms with Gasteiger partial charge in [-0.2, -0.15) is 0 Å². The molecule has 1 amide bonds. The van der Waals surface area contributed by atoms with Gasteiger partial charge in [0.05, 0.1) is 23.7 Å². The molecule has 0 saturated carbocycles. The van der Waals surface area contributed by atoms with E-state index in [4.69, 9.17) is 16.3 Å². The maximum absolute atomic E-state index is 13.9. The zero-order valence-corrected chi connectivity index (χ0v) is 17.0. The number of ether oxygens (including phenoxy) is 1. The fourth-order valence-corrected chi connectivity index (χ4v) is 4.92. The van der Waals surface area contributed by atoms with E-state index < -0.39 is 23.1 Å². The summed E-state index contributed by atoms with van der Waals surface area (Å²) in [5, 5.41) is 2.91. The molecule has 0 radical (unpaired) electrons. The van der Waals surface area contributed by atoms with Crippen molar-refractivity contribution in [1.29, 1.82) is 0 Å². The smallest absolute Gasteiger partial charge is 0.329 e. The van der Waals surface area contributed by atoms with Crippen molar-refractivity contribution in [1.82, 2.24) is 14.9 Å². The predicted octanol–water partition coefficient (Wildman–Crippen LogP) is 3.06. The van der Waals surface area contributed by atoms with E-state index in [2.05, 4.69) is 10.3 Å². The standard InChI is InChI=1S/C19H17ClFN3O4S/c1-28-14-6-10(11(20)7-12(14)21)15-8-13-17(29-15)18(26)24(19(27)23-13)9-3-2-4-22-16(25)5-9/h6-9H,2-5H2,1H3,(H,22,25)(H,23,27)/t9-/m0/s1. The van der Waals surface area contributed by atoms with Crippen molar-refractivity contribution < 1.29 is 13.9 Å². The van der Waals surface area contributed by atoms with E-state index in [1.807, 2.05) is 0 Å². The first-order valence-corrected chi connectivity index (χ1v) is 10.2. The largest absolute Gasteiger partial charge is 0.494 e. The Morgan fingerprint density at radius 2 is 2.07 bits per heavy atom. The molecule has 1 aliphatic rings. The molecule has 7 nitrogen and oxygen atoms in total. The number of hydrogen-bond donors (Lipinski definition) is 2. The van der Waals surface area contributed by atoms with Gasteiger partial charge in [0.2, 0.25) is 5.91 Å². The Morgan fingerprint density at radius 3 is 2.83 bits per heavy atom. The highest BCUT2D eigenvalue weighted by Gasteiger charge is 2.24. The number of amides is 1. The van der Waals surface area contributed by atoms with Gasteiger partial charge in [0.25, 0.3) is 5.56 Å². The van der Waals surface area contributed by atoms with Gasteiger partial charge in [0.15, 0.2) is 11.6 Å². The van der Waals surface area contributed by atoms with Crippen LogP contribution in [-0.4, -0.2) is 29.1 Å². The van der Waals surface area contributed by atoms with Crippen molar-refractivity contribution in [2.45, 2.75) is 25.3 Å². The van der Waals surface area contributed by atoms with Crippen LogP contribution in [0.2, 0.25) is 5.02 Å². The summed E-state index contributed by atoms with van der Waals surface area (Å²) in [7, 11) is 1.35. The van der Waals surface area contributed by atoms with Gasteiger partial charge in [-0.1, -0.05) is 11.6 Å². The first-order valence-electron chi connectivity index (χ1n) is 8.97. The fourth-order valence-electron chi connectivity index (χ4n) is 3.53. The molecule has 10 heteroatoms. The second-order valence-electron chi connectivity index (χ2n) is 6.78. The molecule has 3 heterocycles. The van der Waals surface area contributed by atoms with Crippen LogP contribution in [0.4, 0.5) is 4.39 Å². The van der Waals surface area contributed by atoms with E-state index in [0.717, 1.165) is 22.0 Å². The molecule has 29 heavy (non-hydrogen) atoms. The average molecular weight is 438 g/mol. The van der Waals surface area contributed by atoms with Crippen LogP contribution in [0.1, 0.15) is 25.3 Å². The summed E-state index contributed by atoms with van der Waals surface area (Å²) >= 11 is 7.33. The van der Waals surface area contributed by atoms with Crippen LogP contribution in [0.5, 0.6) is 5.75 Å². The summed E-state index contributed by atoms with van der Waals surface area (Å²) in [6.45, 7) is 0.526.